The fourth-order valence-electron chi connectivity index (χ4n) is 9.49. The van der Waals surface area contributed by atoms with Crippen molar-refractivity contribution in [2.24, 2.45) is 23.5 Å². The third-order valence-corrected chi connectivity index (χ3v) is 14.2. The Labute approximate surface area is 298 Å². The molecule has 6 saturated heterocycles. The van der Waals surface area contributed by atoms with Gasteiger partial charge in [-0.2, -0.15) is 9.59 Å². The number of carbonyl (C=O) groups is 1. The first kappa shape index (κ1) is 35.4. The third-order valence-electron chi connectivity index (χ3n) is 12.2. The molecule has 0 radical (unpaired) electrons. The molecule has 0 unspecified atom stereocenters. The summed E-state index contributed by atoms with van der Waals surface area (Å²) in [5.41, 5.74) is 8.07. The molecule has 2 saturated carbocycles. The van der Waals surface area contributed by atoms with E-state index in [4.69, 9.17) is 15.3 Å². The van der Waals surface area contributed by atoms with E-state index in [9.17, 15) is 4.79 Å². The molecule has 8 aliphatic rings. The number of Topliss-reactive ketones (excluding diaryl/α,β-unsaturated/α-hetero) is 1. The van der Waals surface area contributed by atoms with Crippen molar-refractivity contribution < 1.29 is 14.4 Å². The van der Waals surface area contributed by atoms with E-state index in [1.54, 1.807) is 11.3 Å². The maximum Gasteiger partial charge on any atom is 0.373 e. The molecule has 9 heteroatoms. The fraction of sp³-hybridized carbons (Fsp3) is 0.538. The standard InChI is InChI=1S/C20H23NOS.C9H16N2.C9H8S.CO2.ClH/c1-13-10-16-3-2-15(11-19(16)23-13)18(22)12-17-14-4-8-21(9-5-14)20(17)6-7-20;10-8-7-1-5-11(6-2-7)9(8)3-4-9;1-7-6-8-4-2-3-5-9(8)10-7;2-1-3;/h2-3,10-11,14,17H,4-9,12H2,1H3;7-8H,1-6,10H2;2-6H,1H3;;1H/t17-;8-;;;/m11.../s1. The van der Waals surface area contributed by atoms with Crippen LogP contribution in [0.15, 0.2) is 54.6 Å². The maximum atomic E-state index is 12.9. The highest BCUT2D eigenvalue weighted by Gasteiger charge is 2.60. The van der Waals surface area contributed by atoms with Gasteiger partial charge in [0.25, 0.3) is 0 Å². The first-order chi connectivity index (χ1) is 22.8. The minimum atomic E-state index is 0. The zero-order chi connectivity index (χ0) is 32.8. The lowest BCUT2D eigenvalue weighted by atomic mass is 9.69. The maximum absolute atomic E-state index is 12.9. The molecule has 6 aliphatic heterocycles. The monoisotopic (exact) mass is 705 g/mol. The highest BCUT2D eigenvalue weighted by Crippen LogP contribution is 2.58. The van der Waals surface area contributed by atoms with Crippen molar-refractivity contribution in [2.75, 3.05) is 26.2 Å². The normalized spacial score (nSPS) is 29.0. The summed E-state index contributed by atoms with van der Waals surface area (Å²) in [5.74, 6) is 2.63. The number of hydrogen-bond acceptors (Lipinski definition) is 8. The Morgan fingerprint density at radius 1 is 0.771 bits per heavy atom. The Morgan fingerprint density at radius 2 is 1.29 bits per heavy atom. The van der Waals surface area contributed by atoms with Crippen LogP contribution in [-0.4, -0.2) is 65.0 Å². The second-order valence-corrected chi connectivity index (χ2v) is 17.3. The van der Waals surface area contributed by atoms with Crippen molar-refractivity contribution in [3.8, 4) is 0 Å². The van der Waals surface area contributed by atoms with Crippen LogP contribution in [-0.2, 0) is 9.59 Å². The van der Waals surface area contributed by atoms with Gasteiger partial charge in [0.1, 0.15) is 0 Å². The molecule has 4 bridgehead atoms. The number of hydrogen-bond donors (Lipinski definition) is 1. The van der Waals surface area contributed by atoms with E-state index in [1.165, 1.54) is 107 Å². The lowest BCUT2D eigenvalue weighted by molar-refractivity contribution is -0.191. The van der Waals surface area contributed by atoms with E-state index < -0.39 is 0 Å². The van der Waals surface area contributed by atoms with E-state index in [0.29, 0.717) is 28.8 Å². The van der Waals surface area contributed by atoms with Gasteiger partial charge < -0.3 is 5.73 Å². The number of thiophene rings is 2. The van der Waals surface area contributed by atoms with E-state index in [0.717, 1.165) is 23.8 Å². The minimum absolute atomic E-state index is 0. The number of benzene rings is 2. The van der Waals surface area contributed by atoms with Crippen LogP contribution in [0.3, 0.4) is 0 Å². The van der Waals surface area contributed by atoms with Crippen LogP contribution in [0, 0.1) is 31.6 Å². The van der Waals surface area contributed by atoms with Crippen molar-refractivity contribution in [1.29, 1.82) is 0 Å². The van der Waals surface area contributed by atoms with Crippen LogP contribution in [0.1, 0.15) is 77.9 Å². The molecular weight excluding hydrogens is 658 g/mol. The second kappa shape index (κ2) is 14.4. The van der Waals surface area contributed by atoms with E-state index in [1.807, 2.05) is 17.4 Å². The van der Waals surface area contributed by atoms with Gasteiger partial charge in [0.05, 0.1) is 0 Å². The van der Waals surface area contributed by atoms with Crippen LogP contribution in [0.2, 0.25) is 0 Å². The molecule has 8 fully saturated rings. The Kier molecular flexibility index (Phi) is 10.6. The first-order valence-corrected chi connectivity index (χ1v) is 19.1. The van der Waals surface area contributed by atoms with Crippen molar-refractivity contribution in [1.82, 2.24) is 9.80 Å². The molecule has 48 heavy (non-hydrogen) atoms. The highest BCUT2D eigenvalue weighted by atomic mass is 35.5. The number of nitrogens with two attached hydrogens (primary N) is 1. The molecule has 6 nitrogen and oxygen atoms in total. The lowest BCUT2D eigenvalue weighted by Crippen LogP contribution is -2.63. The van der Waals surface area contributed by atoms with Crippen LogP contribution < -0.4 is 5.73 Å². The second-order valence-electron chi connectivity index (χ2n) is 14.7. The number of carbonyl (C=O) groups excluding carboxylic acids is 3. The number of ketones is 1. The number of rotatable bonds is 3. The number of nitrogens with zero attached hydrogens (tertiary/aromatic N) is 2. The number of fused-ring (bicyclic) bond motifs is 6. The van der Waals surface area contributed by atoms with Crippen molar-refractivity contribution in [2.45, 2.75) is 88.8 Å². The van der Waals surface area contributed by atoms with Gasteiger partial charge in [-0.05, 0) is 144 Å². The smallest absolute Gasteiger partial charge is 0.326 e. The molecule has 2 aliphatic carbocycles. The largest absolute Gasteiger partial charge is 0.373 e. The fourth-order valence-corrected chi connectivity index (χ4v) is 11.4. The van der Waals surface area contributed by atoms with Gasteiger partial charge in [0.15, 0.2) is 5.78 Å². The van der Waals surface area contributed by atoms with Crippen molar-refractivity contribution in [3.63, 3.8) is 0 Å². The predicted molar refractivity (Wildman–Crippen MR) is 198 cm³/mol. The van der Waals surface area contributed by atoms with Gasteiger partial charge in [0.2, 0.25) is 0 Å². The van der Waals surface area contributed by atoms with Crippen LogP contribution in [0.25, 0.3) is 20.2 Å². The molecule has 2 aromatic carbocycles. The van der Waals surface area contributed by atoms with Crippen LogP contribution in [0.4, 0.5) is 0 Å². The van der Waals surface area contributed by atoms with Gasteiger partial charge in [-0.15, -0.1) is 35.1 Å². The minimum Gasteiger partial charge on any atom is -0.326 e. The summed E-state index contributed by atoms with van der Waals surface area (Å²) in [5, 5.41) is 2.63. The SMILES string of the molecule is Cc1cc2ccc(C(=O)C[C@@H]3C4CCN(CC4)C34CC4)cc2s1.Cc1cc2ccccc2s1.Cl.N[C@@H]1C2CCN(CC2)C12CC2.O=C=O. The van der Waals surface area contributed by atoms with Gasteiger partial charge in [-0.3, -0.25) is 14.6 Å². The van der Waals surface area contributed by atoms with Crippen LogP contribution in [0.5, 0.6) is 0 Å². The highest BCUT2D eigenvalue weighted by molar-refractivity contribution is 7.19. The summed E-state index contributed by atoms with van der Waals surface area (Å²) in [4.78, 5) is 37.3. The van der Waals surface area contributed by atoms with Gasteiger partial charge in [-0.1, -0.05) is 30.3 Å². The molecule has 2 aromatic heterocycles. The van der Waals surface area contributed by atoms with Gasteiger partial charge in [0, 0.05) is 48.3 Å². The topological polar surface area (TPSA) is 83.7 Å². The number of halogens is 1. The molecule has 0 amide bonds. The average molecular weight is 706 g/mol. The summed E-state index contributed by atoms with van der Waals surface area (Å²) >= 11 is 3.65. The predicted octanol–water partition coefficient (Wildman–Crippen LogP) is 8.28. The molecule has 2 atom stereocenters. The number of aryl methyl sites for hydroxylation is 2. The Morgan fingerprint density at radius 3 is 1.83 bits per heavy atom. The molecule has 256 valence electrons. The van der Waals surface area contributed by atoms with Crippen molar-refractivity contribution >= 4 is 67.2 Å². The average Bonchev–Trinajstić information content (AvgIpc) is 3.98. The molecular formula is C39H48ClN3O3S2. The first-order valence-electron chi connectivity index (χ1n) is 17.5. The molecule has 2 spiro atoms. The van der Waals surface area contributed by atoms with E-state index in [2.05, 4.69) is 72.2 Å². The van der Waals surface area contributed by atoms with Gasteiger partial charge >= 0.3 is 6.15 Å². The lowest BCUT2D eigenvalue weighted by Gasteiger charge is -2.52. The summed E-state index contributed by atoms with van der Waals surface area (Å²) < 4.78 is 2.64. The molecule has 12 rings (SSSR count). The van der Waals surface area contributed by atoms with Gasteiger partial charge in [-0.25, -0.2) is 0 Å². The third kappa shape index (κ3) is 6.83. The zero-order valence-electron chi connectivity index (χ0n) is 28.1. The molecule has 2 N–H and O–H groups in total. The Bertz CT molecular complexity index is 1730. The Hall–Kier alpha value is -2.42. The Balaban J connectivity index is 0.000000134. The quantitative estimate of drug-likeness (QED) is 0.216. The van der Waals surface area contributed by atoms with E-state index >= 15 is 0 Å². The zero-order valence-corrected chi connectivity index (χ0v) is 30.6. The number of piperidine rings is 6. The summed E-state index contributed by atoms with van der Waals surface area (Å²) in [6.45, 7) is 9.49. The molecule has 8 heterocycles. The summed E-state index contributed by atoms with van der Waals surface area (Å²) in [6, 6.07) is 19.7. The van der Waals surface area contributed by atoms with Crippen LogP contribution >= 0.6 is 35.1 Å². The van der Waals surface area contributed by atoms with E-state index in [-0.39, 0.29) is 18.6 Å². The van der Waals surface area contributed by atoms with Crippen molar-refractivity contribution in [3.05, 3.63) is 69.9 Å². The summed E-state index contributed by atoms with van der Waals surface area (Å²) in [7, 11) is 0. The summed E-state index contributed by atoms with van der Waals surface area (Å²) in [6.07, 6.45) is 11.8. The molecule has 4 aromatic rings.